The Hall–Kier alpha value is -7.34. The molecule has 6 aliphatic heterocycles. The largest absolute Gasteiger partial charge is 0 e. The maximum absolute atomic E-state index is 11.8. The molecule has 0 amide bonds. The second-order valence-corrected chi connectivity index (χ2v) is 18.1. The number of nitrogens with one attached hydrogen (secondary N) is 2. The minimum absolute atomic E-state index is 0. The standard InChI is InChI=1S/C34H34N4O4.C20H14N4.2Fe/c1-7-21-17(3)25-13-26-19(5)23(9-11-33(39)40)31(37-26)16-32-24(10-12-34(41)42)20(6)28(38-32)15-30-22(8-2)18(4)27(36-30)14-29(21)35-25;1-2-14-10-16-5-6-18(23-16)12-20-8-7-19(24-20)11-17-4-3-15(22-17)9-13(1)21-14;;/h7-8,13-16H,1-2,9-12H2,3-6H3,(H4,35,36,37,38,39,40,41,42);1-12,21,24H;;/q;;;+2/p-2/b25-13?,26-13-,27-14?,28-15-,29-14-,30-15?,31-16-,32-16?;;;. The zero-order valence-corrected chi connectivity index (χ0v) is 39.9. The molecule has 0 radical (unpaired) electrons. The maximum atomic E-state index is 11.8. The van der Waals surface area contributed by atoms with Gasteiger partial charge in [-0.2, -0.15) is 0 Å². The molecule has 6 aliphatic rings. The Morgan fingerprint density at radius 3 is 1.68 bits per heavy atom. The van der Waals surface area contributed by atoms with Crippen molar-refractivity contribution in [1.29, 1.82) is 0 Å². The van der Waals surface area contributed by atoms with Crippen molar-refractivity contribution in [2.75, 3.05) is 0 Å². The van der Waals surface area contributed by atoms with Crippen LogP contribution in [0.2, 0.25) is 0 Å². The number of hydrogen-bond acceptors (Lipinski definition) is 6. The Kier molecular flexibility index (Phi) is 12.4. The van der Waals surface area contributed by atoms with E-state index in [0.29, 0.717) is 33.9 Å². The number of aromatic nitrogens is 6. The van der Waals surface area contributed by atoms with Crippen LogP contribution in [0.1, 0.15) is 89.5 Å². The number of nitrogens with zero attached hydrogens (tertiary/aromatic N) is 6. The summed E-state index contributed by atoms with van der Waals surface area (Å²) in [4.78, 5) is 49.5. The molecule has 342 valence electrons. The van der Waals surface area contributed by atoms with Crippen LogP contribution >= 0.6 is 0 Å². The van der Waals surface area contributed by atoms with Gasteiger partial charge in [-0.3, -0.25) is 0 Å². The Balaban J connectivity index is 0.000000194. The number of aliphatic imine (C=N–C) groups is 2. The van der Waals surface area contributed by atoms with Crippen molar-refractivity contribution in [3.05, 3.63) is 169 Å². The first-order valence-electron chi connectivity index (χ1n) is 21.9. The van der Waals surface area contributed by atoms with Crippen LogP contribution in [0.15, 0.2) is 111 Å². The molecule has 0 saturated carbocycles. The minimum atomic E-state index is -0.868. The molecule has 14 heteroatoms. The molecule has 0 unspecified atom stereocenters. The van der Waals surface area contributed by atoms with Gasteiger partial charge in [-0.05, 0) is 72.8 Å². The van der Waals surface area contributed by atoms with Gasteiger partial charge in [-0.25, -0.2) is 9.97 Å². The summed E-state index contributed by atoms with van der Waals surface area (Å²) < 4.78 is 4.47. The fourth-order valence-electron chi connectivity index (χ4n) is 9.08. The third-order valence-corrected chi connectivity index (χ3v) is 14.1. The van der Waals surface area contributed by atoms with Crippen molar-refractivity contribution in [2.24, 2.45) is 9.98 Å². The predicted octanol–water partition coefficient (Wildman–Crippen LogP) is 9.39. The van der Waals surface area contributed by atoms with E-state index in [9.17, 15) is 19.8 Å². The van der Waals surface area contributed by atoms with Gasteiger partial charge in [0.2, 0.25) is 0 Å². The first kappa shape index (κ1) is 45.8. The van der Waals surface area contributed by atoms with E-state index in [0.717, 1.165) is 129 Å². The molecular formula is C54H46Fe2N8O4. The van der Waals surface area contributed by atoms with Crippen molar-refractivity contribution in [3.63, 3.8) is 0 Å². The van der Waals surface area contributed by atoms with E-state index in [1.165, 1.54) is 0 Å². The molecule has 5 aromatic rings. The van der Waals surface area contributed by atoms with Gasteiger partial charge in [0.05, 0.1) is 22.8 Å². The Bertz CT molecular complexity index is 3470. The molecule has 14 bridgehead atoms. The minimum Gasteiger partial charge on any atom is 0 e. The molecule has 68 heavy (non-hydrogen) atoms. The number of carboxylic acid groups (broad SMARTS) is 2. The van der Waals surface area contributed by atoms with Crippen molar-refractivity contribution < 1.29 is 52.3 Å². The second kappa shape index (κ2) is 18.4. The van der Waals surface area contributed by atoms with Crippen LogP contribution in [0.4, 0.5) is 0 Å². The molecule has 0 saturated heterocycles. The number of fused-ring (bicyclic) bond motifs is 10. The van der Waals surface area contributed by atoms with Crippen LogP contribution in [-0.2, 0) is 48.5 Å². The van der Waals surface area contributed by atoms with E-state index in [4.69, 9.17) is 9.98 Å². The molecule has 5 aromatic heterocycles. The number of rotatable bonds is 8. The molecule has 11 rings (SSSR count). The normalized spacial score (nSPS) is 17.6. The van der Waals surface area contributed by atoms with Gasteiger partial charge in [0.25, 0.3) is 0 Å². The average molecular weight is 983 g/mol. The number of allylic oxidation sites excluding steroid dienone is 4. The molecule has 0 spiro atoms. The van der Waals surface area contributed by atoms with Crippen molar-refractivity contribution in [3.8, 4) is 0 Å². The molecular weight excluding hydrogens is 936 g/mol. The van der Waals surface area contributed by atoms with Crippen LogP contribution < -0.4 is 10.7 Å². The fraction of sp³-hybridized carbons (Fsp3) is 0.148. The summed E-state index contributed by atoms with van der Waals surface area (Å²) in [6.07, 6.45) is 20.7. The summed E-state index contributed by atoms with van der Waals surface area (Å²) in [5.74, 6) is -1.74. The quantitative estimate of drug-likeness (QED) is 0.111. The van der Waals surface area contributed by atoms with Gasteiger partial charge in [0.15, 0.2) is 0 Å². The van der Waals surface area contributed by atoms with Crippen LogP contribution in [0.5, 0.6) is 0 Å². The molecule has 0 fully saturated rings. The van der Waals surface area contributed by atoms with E-state index in [1.54, 1.807) is 0 Å². The second-order valence-electron chi connectivity index (χ2n) is 16.9. The first-order valence-corrected chi connectivity index (χ1v) is 22.9. The topological polar surface area (TPSA) is 167 Å². The summed E-state index contributed by atoms with van der Waals surface area (Å²) in [6.45, 7) is 16.4. The molecule has 4 N–H and O–H groups in total. The first-order chi connectivity index (χ1) is 32.3. The van der Waals surface area contributed by atoms with Gasteiger partial charge in [0.1, 0.15) is 0 Å². The van der Waals surface area contributed by atoms with Crippen LogP contribution in [0, 0.1) is 13.8 Å². The van der Waals surface area contributed by atoms with Gasteiger partial charge in [0, 0.05) is 39.1 Å². The van der Waals surface area contributed by atoms with E-state index in [-0.39, 0.29) is 29.9 Å². The maximum Gasteiger partial charge on any atom is 0 e. The monoisotopic (exact) mass is 982 g/mol. The van der Waals surface area contributed by atoms with Gasteiger partial charge >= 0.3 is 257 Å². The van der Waals surface area contributed by atoms with E-state index < -0.39 is 11.9 Å². The van der Waals surface area contributed by atoms with Crippen molar-refractivity contribution in [1.82, 2.24) is 27.1 Å². The molecule has 0 atom stereocenters. The summed E-state index contributed by atoms with van der Waals surface area (Å²) in [5.41, 5.74) is 20.7. The third kappa shape index (κ3) is 8.59. The van der Waals surface area contributed by atoms with E-state index in [1.807, 2.05) is 87.6 Å². The smallest absolute Gasteiger partial charge is 0 e. The number of H-pyrrole nitrogens is 2. The number of aromatic amines is 2. The predicted molar refractivity (Wildman–Crippen MR) is 266 cm³/mol. The average Bonchev–Trinajstić information content (AvgIpc) is 4.19. The number of carboxylic acids is 2. The number of aliphatic carboxylic acids is 2. The van der Waals surface area contributed by atoms with Crippen LogP contribution in [-0.4, -0.2) is 60.7 Å². The summed E-state index contributed by atoms with van der Waals surface area (Å²) in [7, 11) is 0. The number of hydrogen-bond donors (Lipinski definition) is 4. The summed E-state index contributed by atoms with van der Waals surface area (Å²) in [5, 5.41) is 21.0. The van der Waals surface area contributed by atoms with Gasteiger partial charge in [-0.15, -0.1) is 0 Å². The number of carbonyl (C=O) groups is 2. The SMILES string of the molecule is C1=Cc2cc3ccc(cc4nc(cc5ccc(cc1n2)[nH]5)C=C4)[nH]3.C=CC1=C(C)C2=NC/1=C\c1c(C)c(C=C)c3[n]1[Fe][n]1/c(c(C)c(CCC(=O)O)/c1=C/C1=NC(=C\3)/C(C)=C1CCC(=O)O)=C\2.[Fe]. The third-order valence-electron chi connectivity index (χ3n) is 12.6. The molecule has 0 aromatic carbocycles. The molecule has 12 nitrogen and oxygen atoms in total. The van der Waals surface area contributed by atoms with Gasteiger partial charge < -0.3 is 9.97 Å². The van der Waals surface area contributed by atoms with Gasteiger partial charge in [-0.1, -0.05) is 0 Å². The zero-order valence-electron chi connectivity index (χ0n) is 37.7. The Labute approximate surface area is 409 Å². The van der Waals surface area contributed by atoms with Crippen LogP contribution in [0.3, 0.4) is 0 Å². The van der Waals surface area contributed by atoms with Crippen LogP contribution in [0.25, 0.3) is 76.8 Å². The molecule has 0 aliphatic carbocycles. The fourth-order valence-corrected chi connectivity index (χ4v) is 10.7. The molecule has 11 heterocycles. The van der Waals surface area contributed by atoms with Crippen molar-refractivity contribution >= 4 is 100 Å². The van der Waals surface area contributed by atoms with Crippen molar-refractivity contribution in [2.45, 2.75) is 53.4 Å². The summed E-state index contributed by atoms with van der Waals surface area (Å²) in [6, 6.07) is 16.4. The van der Waals surface area contributed by atoms with E-state index in [2.05, 4.69) is 89.7 Å². The van der Waals surface area contributed by atoms with E-state index >= 15 is 0 Å². The Morgan fingerprint density at radius 1 is 0.632 bits per heavy atom. The Morgan fingerprint density at radius 2 is 1.15 bits per heavy atom. The zero-order chi connectivity index (χ0) is 46.7. The summed E-state index contributed by atoms with van der Waals surface area (Å²) >= 11 is 0.463.